The Hall–Kier alpha value is -0.900. The smallest absolute Gasteiger partial charge is 0.0384 e. The lowest BCUT2D eigenvalue weighted by atomic mass is 10.2. The third-order valence-corrected chi connectivity index (χ3v) is 2.63. The maximum atomic E-state index is 5.89. The minimum absolute atomic E-state index is 0.295. The normalized spacial score (nSPS) is 24.3. The molecule has 3 nitrogen and oxygen atoms in total. The average molecular weight is 191 g/mol. The van der Waals surface area contributed by atoms with Crippen molar-refractivity contribution >= 4 is 0 Å². The molecule has 0 spiro atoms. The molecular formula is C11H17N3. The van der Waals surface area contributed by atoms with Crippen molar-refractivity contribution in [1.82, 2.24) is 10.0 Å². The maximum Gasteiger partial charge on any atom is 0.0384 e. The summed E-state index contributed by atoms with van der Waals surface area (Å²) in [6.45, 7) is 2.89. The van der Waals surface area contributed by atoms with Crippen LogP contribution in [0.5, 0.6) is 0 Å². The summed E-state index contributed by atoms with van der Waals surface area (Å²) in [4.78, 5) is 0. The van der Waals surface area contributed by atoms with Crippen molar-refractivity contribution in [3.63, 3.8) is 0 Å². The molecule has 1 atom stereocenters. The standard InChI is InChI=1S/C11H17N3/c1-13-8-11(12)9-14(13)7-10-5-3-2-4-6-10/h2-6,11H,7-9,12H2,1H3. The van der Waals surface area contributed by atoms with Crippen LogP contribution < -0.4 is 5.73 Å². The predicted octanol–water partition coefficient (Wildman–Crippen LogP) is 0.676. The number of rotatable bonds is 2. The van der Waals surface area contributed by atoms with Crippen LogP contribution in [0.15, 0.2) is 30.3 Å². The van der Waals surface area contributed by atoms with E-state index in [2.05, 4.69) is 41.3 Å². The fourth-order valence-corrected chi connectivity index (χ4v) is 1.90. The summed E-state index contributed by atoms with van der Waals surface area (Å²) in [7, 11) is 2.09. The number of hydrogen-bond acceptors (Lipinski definition) is 3. The lowest BCUT2D eigenvalue weighted by molar-refractivity contribution is 0.0475. The number of hydrazine groups is 1. The maximum absolute atomic E-state index is 5.89. The van der Waals surface area contributed by atoms with Gasteiger partial charge in [-0.2, -0.15) is 0 Å². The van der Waals surface area contributed by atoms with Gasteiger partial charge in [-0.05, 0) is 5.56 Å². The van der Waals surface area contributed by atoms with Crippen LogP contribution in [-0.4, -0.2) is 36.2 Å². The summed E-state index contributed by atoms with van der Waals surface area (Å²) >= 11 is 0. The second-order valence-corrected chi connectivity index (χ2v) is 3.93. The fraction of sp³-hybridized carbons (Fsp3) is 0.455. The van der Waals surface area contributed by atoms with Gasteiger partial charge >= 0.3 is 0 Å². The highest BCUT2D eigenvalue weighted by Crippen LogP contribution is 2.11. The summed E-state index contributed by atoms with van der Waals surface area (Å²) in [5.41, 5.74) is 7.23. The topological polar surface area (TPSA) is 32.5 Å². The van der Waals surface area contributed by atoms with E-state index in [1.807, 2.05) is 6.07 Å². The molecule has 3 heteroatoms. The van der Waals surface area contributed by atoms with Crippen molar-refractivity contribution in [2.75, 3.05) is 20.1 Å². The quantitative estimate of drug-likeness (QED) is 0.746. The van der Waals surface area contributed by atoms with Crippen LogP contribution >= 0.6 is 0 Å². The molecule has 0 aromatic heterocycles. The number of likely N-dealkylation sites (N-methyl/N-ethyl adjacent to an activating group) is 1. The van der Waals surface area contributed by atoms with Gasteiger partial charge in [0.1, 0.15) is 0 Å². The monoisotopic (exact) mass is 191 g/mol. The molecule has 1 aliphatic heterocycles. The molecule has 0 saturated carbocycles. The molecule has 1 heterocycles. The van der Waals surface area contributed by atoms with E-state index in [4.69, 9.17) is 5.73 Å². The van der Waals surface area contributed by atoms with Crippen molar-refractivity contribution in [3.05, 3.63) is 35.9 Å². The van der Waals surface area contributed by atoms with Gasteiger partial charge in [0.15, 0.2) is 0 Å². The number of nitrogens with zero attached hydrogens (tertiary/aromatic N) is 2. The molecular weight excluding hydrogens is 174 g/mol. The van der Waals surface area contributed by atoms with Crippen LogP contribution in [0, 0.1) is 0 Å². The van der Waals surface area contributed by atoms with Crippen molar-refractivity contribution < 1.29 is 0 Å². The van der Waals surface area contributed by atoms with E-state index in [-0.39, 0.29) is 0 Å². The molecule has 1 fully saturated rings. The van der Waals surface area contributed by atoms with Gasteiger partial charge in [-0.15, -0.1) is 0 Å². The Morgan fingerprint density at radius 3 is 2.57 bits per heavy atom. The average Bonchev–Trinajstić information content (AvgIpc) is 2.47. The second kappa shape index (κ2) is 4.09. The van der Waals surface area contributed by atoms with Gasteiger partial charge < -0.3 is 5.73 Å². The minimum Gasteiger partial charge on any atom is -0.325 e. The molecule has 1 aromatic carbocycles. The summed E-state index contributed by atoms with van der Waals surface area (Å²) in [6, 6.07) is 10.8. The van der Waals surface area contributed by atoms with Gasteiger partial charge in [0.05, 0.1) is 0 Å². The Morgan fingerprint density at radius 2 is 2.00 bits per heavy atom. The lowest BCUT2D eigenvalue weighted by Gasteiger charge is -2.23. The zero-order chi connectivity index (χ0) is 9.97. The van der Waals surface area contributed by atoms with Gasteiger partial charge in [-0.1, -0.05) is 30.3 Å². The van der Waals surface area contributed by atoms with E-state index in [1.165, 1.54) is 5.56 Å². The second-order valence-electron chi connectivity index (χ2n) is 3.93. The first-order valence-electron chi connectivity index (χ1n) is 5.01. The largest absolute Gasteiger partial charge is 0.325 e. The van der Waals surface area contributed by atoms with E-state index in [1.54, 1.807) is 0 Å². The molecule has 1 unspecified atom stereocenters. The molecule has 1 aromatic rings. The summed E-state index contributed by atoms with van der Waals surface area (Å²) in [5.74, 6) is 0. The highest BCUT2D eigenvalue weighted by molar-refractivity contribution is 5.14. The highest BCUT2D eigenvalue weighted by atomic mass is 15.6. The first-order chi connectivity index (χ1) is 6.75. The molecule has 1 aliphatic rings. The lowest BCUT2D eigenvalue weighted by Crippen LogP contribution is -2.32. The van der Waals surface area contributed by atoms with E-state index in [0.717, 1.165) is 19.6 Å². The van der Waals surface area contributed by atoms with Crippen LogP contribution in [-0.2, 0) is 6.54 Å². The van der Waals surface area contributed by atoms with Gasteiger partial charge in [0.25, 0.3) is 0 Å². The predicted molar refractivity (Wildman–Crippen MR) is 57.5 cm³/mol. The summed E-state index contributed by atoms with van der Waals surface area (Å²) in [5, 5.41) is 4.50. The van der Waals surface area contributed by atoms with E-state index in [0.29, 0.717) is 6.04 Å². The molecule has 0 bridgehead atoms. The SMILES string of the molecule is CN1CC(N)CN1Cc1ccccc1. The number of hydrogen-bond donors (Lipinski definition) is 1. The third-order valence-electron chi connectivity index (χ3n) is 2.63. The van der Waals surface area contributed by atoms with Crippen molar-refractivity contribution in [2.45, 2.75) is 12.6 Å². The Morgan fingerprint density at radius 1 is 1.29 bits per heavy atom. The minimum atomic E-state index is 0.295. The Labute approximate surface area is 85.1 Å². The molecule has 14 heavy (non-hydrogen) atoms. The van der Waals surface area contributed by atoms with Crippen LogP contribution in [0.25, 0.3) is 0 Å². The highest BCUT2D eigenvalue weighted by Gasteiger charge is 2.24. The van der Waals surface area contributed by atoms with E-state index >= 15 is 0 Å². The Balaban J connectivity index is 1.98. The van der Waals surface area contributed by atoms with Gasteiger partial charge in [-0.25, -0.2) is 10.0 Å². The van der Waals surface area contributed by atoms with Gasteiger partial charge in [0.2, 0.25) is 0 Å². The molecule has 2 rings (SSSR count). The Kier molecular flexibility index (Phi) is 2.82. The number of benzene rings is 1. The van der Waals surface area contributed by atoms with Crippen molar-refractivity contribution in [3.8, 4) is 0 Å². The van der Waals surface area contributed by atoms with Crippen LogP contribution in [0.1, 0.15) is 5.56 Å². The first kappa shape index (κ1) is 9.65. The van der Waals surface area contributed by atoms with Crippen LogP contribution in [0.2, 0.25) is 0 Å². The summed E-state index contributed by atoms with van der Waals surface area (Å²) < 4.78 is 0. The third kappa shape index (κ3) is 2.12. The molecule has 1 saturated heterocycles. The molecule has 0 aliphatic carbocycles. The molecule has 2 N–H and O–H groups in total. The molecule has 76 valence electrons. The Bertz CT molecular complexity index is 286. The van der Waals surface area contributed by atoms with Crippen molar-refractivity contribution in [2.24, 2.45) is 5.73 Å². The fourth-order valence-electron chi connectivity index (χ4n) is 1.90. The number of nitrogens with two attached hydrogens (primary N) is 1. The summed E-state index contributed by atoms with van der Waals surface area (Å²) in [6.07, 6.45) is 0. The van der Waals surface area contributed by atoms with Crippen LogP contribution in [0.4, 0.5) is 0 Å². The molecule has 0 radical (unpaired) electrons. The van der Waals surface area contributed by atoms with E-state index < -0.39 is 0 Å². The zero-order valence-electron chi connectivity index (χ0n) is 8.56. The molecule has 0 amide bonds. The first-order valence-corrected chi connectivity index (χ1v) is 5.01. The van der Waals surface area contributed by atoms with Crippen LogP contribution in [0.3, 0.4) is 0 Å². The van der Waals surface area contributed by atoms with E-state index in [9.17, 15) is 0 Å². The van der Waals surface area contributed by atoms with Crippen molar-refractivity contribution in [1.29, 1.82) is 0 Å². The van der Waals surface area contributed by atoms with Gasteiger partial charge in [0, 0.05) is 32.7 Å². The zero-order valence-corrected chi connectivity index (χ0v) is 8.56. The van der Waals surface area contributed by atoms with Gasteiger partial charge in [-0.3, -0.25) is 0 Å².